The van der Waals surface area contributed by atoms with Crippen molar-refractivity contribution >= 4 is 33.9 Å². The number of aliphatic imine (C=N–C) groups is 1. The molecular formula is C24H18BrNO3. The van der Waals surface area contributed by atoms with Gasteiger partial charge in [-0.25, -0.2) is 9.79 Å². The van der Waals surface area contributed by atoms with E-state index in [1.807, 2.05) is 60.7 Å². The number of cyclic esters (lactones) is 1. The molecule has 144 valence electrons. The van der Waals surface area contributed by atoms with Crippen LogP contribution in [-0.2, 0) is 16.1 Å². The van der Waals surface area contributed by atoms with Crippen molar-refractivity contribution in [3.63, 3.8) is 0 Å². The molecule has 29 heavy (non-hydrogen) atoms. The van der Waals surface area contributed by atoms with Crippen molar-refractivity contribution < 1.29 is 14.3 Å². The zero-order valence-corrected chi connectivity index (χ0v) is 17.3. The van der Waals surface area contributed by atoms with Crippen molar-refractivity contribution in [3.05, 3.63) is 105 Å². The van der Waals surface area contributed by atoms with Gasteiger partial charge in [0.25, 0.3) is 0 Å². The van der Waals surface area contributed by atoms with E-state index in [4.69, 9.17) is 9.47 Å². The number of halogens is 1. The third-order valence-corrected chi connectivity index (χ3v) is 5.10. The summed E-state index contributed by atoms with van der Waals surface area (Å²) in [6.45, 7) is 2.53. The molecule has 1 aliphatic heterocycles. The van der Waals surface area contributed by atoms with E-state index in [0.717, 1.165) is 26.9 Å². The van der Waals surface area contributed by atoms with Gasteiger partial charge in [-0.1, -0.05) is 54.1 Å². The Morgan fingerprint density at radius 3 is 2.62 bits per heavy atom. The minimum atomic E-state index is -0.471. The Bertz CT molecular complexity index is 1120. The van der Waals surface area contributed by atoms with Crippen LogP contribution in [0.25, 0.3) is 6.08 Å². The maximum Gasteiger partial charge on any atom is 0.363 e. The Hall–Kier alpha value is -3.18. The molecule has 0 N–H and O–H groups in total. The summed E-state index contributed by atoms with van der Waals surface area (Å²) < 4.78 is 12.0. The molecule has 0 amide bonds. The molecule has 4 rings (SSSR count). The number of carbonyl (C=O) groups is 1. The molecule has 3 aromatic carbocycles. The fourth-order valence-electron chi connectivity index (χ4n) is 2.86. The highest BCUT2D eigenvalue weighted by Gasteiger charge is 2.25. The van der Waals surface area contributed by atoms with Gasteiger partial charge >= 0.3 is 5.97 Å². The van der Waals surface area contributed by atoms with Crippen molar-refractivity contribution in [3.8, 4) is 5.75 Å². The van der Waals surface area contributed by atoms with E-state index in [1.165, 1.54) is 5.56 Å². The van der Waals surface area contributed by atoms with Gasteiger partial charge in [0, 0.05) is 4.47 Å². The summed E-state index contributed by atoms with van der Waals surface area (Å²) in [6, 6.07) is 23.2. The standard InChI is InChI=1S/C24H18BrNO3/c1-16-9-11-17(12-10-16)15-28-19-6-4-5-18(13-19)14-22-24(27)29-23(26-22)20-7-2-3-8-21(20)25/h2-14H,15H2,1H3/b22-14-. The van der Waals surface area contributed by atoms with Gasteiger partial charge in [-0.15, -0.1) is 0 Å². The summed E-state index contributed by atoms with van der Waals surface area (Å²) in [7, 11) is 0. The van der Waals surface area contributed by atoms with Gasteiger partial charge in [0.05, 0.1) is 5.56 Å². The zero-order chi connectivity index (χ0) is 20.2. The van der Waals surface area contributed by atoms with Crippen LogP contribution in [0.15, 0.2) is 88.0 Å². The number of hydrogen-bond acceptors (Lipinski definition) is 4. The van der Waals surface area contributed by atoms with E-state index in [9.17, 15) is 4.79 Å². The van der Waals surface area contributed by atoms with Gasteiger partial charge in [0.2, 0.25) is 5.90 Å². The number of esters is 1. The predicted molar refractivity (Wildman–Crippen MR) is 117 cm³/mol. The highest BCUT2D eigenvalue weighted by atomic mass is 79.9. The summed E-state index contributed by atoms with van der Waals surface area (Å²) in [5.74, 6) is 0.545. The first-order valence-electron chi connectivity index (χ1n) is 9.14. The molecule has 1 aliphatic rings. The largest absolute Gasteiger partial charge is 0.489 e. The van der Waals surface area contributed by atoms with E-state index in [0.29, 0.717) is 12.5 Å². The van der Waals surface area contributed by atoms with E-state index in [-0.39, 0.29) is 5.70 Å². The first kappa shape index (κ1) is 19.2. The van der Waals surface area contributed by atoms with Crippen LogP contribution in [0.5, 0.6) is 5.75 Å². The normalized spacial score (nSPS) is 14.6. The molecule has 0 atom stereocenters. The molecule has 1 heterocycles. The van der Waals surface area contributed by atoms with E-state index >= 15 is 0 Å². The maximum atomic E-state index is 12.2. The summed E-state index contributed by atoms with van der Waals surface area (Å²) in [5, 5.41) is 0. The van der Waals surface area contributed by atoms with Crippen LogP contribution >= 0.6 is 15.9 Å². The van der Waals surface area contributed by atoms with Crippen LogP contribution in [0.4, 0.5) is 0 Å². The highest BCUT2D eigenvalue weighted by molar-refractivity contribution is 9.10. The van der Waals surface area contributed by atoms with Crippen LogP contribution < -0.4 is 4.74 Å². The second-order valence-electron chi connectivity index (χ2n) is 6.66. The van der Waals surface area contributed by atoms with Crippen molar-refractivity contribution in [2.45, 2.75) is 13.5 Å². The monoisotopic (exact) mass is 447 g/mol. The molecule has 0 fully saturated rings. The molecule has 0 aliphatic carbocycles. The topological polar surface area (TPSA) is 47.9 Å². The highest BCUT2D eigenvalue weighted by Crippen LogP contribution is 2.25. The maximum absolute atomic E-state index is 12.2. The summed E-state index contributed by atoms with van der Waals surface area (Å²) in [5.41, 5.74) is 4.12. The van der Waals surface area contributed by atoms with Gasteiger partial charge in [-0.05, 0) is 64.3 Å². The molecule has 0 aromatic heterocycles. The lowest BCUT2D eigenvalue weighted by atomic mass is 10.1. The molecule has 0 bridgehead atoms. The number of ether oxygens (including phenoxy) is 2. The molecule has 4 nitrogen and oxygen atoms in total. The number of aryl methyl sites for hydroxylation is 1. The third kappa shape index (κ3) is 4.63. The fourth-order valence-corrected chi connectivity index (χ4v) is 3.32. The number of nitrogens with zero attached hydrogens (tertiary/aromatic N) is 1. The average Bonchev–Trinajstić information content (AvgIpc) is 3.08. The van der Waals surface area contributed by atoms with Crippen molar-refractivity contribution in [2.75, 3.05) is 0 Å². The summed E-state index contributed by atoms with van der Waals surface area (Å²) >= 11 is 3.45. The Kier molecular flexibility index (Phi) is 5.58. The molecule has 5 heteroatoms. The molecule has 3 aromatic rings. The second kappa shape index (κ2) is 8.45. The number of hydrogen-bond donors (Lipinski definition) is 0. The third-order valence-electron chi connectivity index (χ3n) is 4.41. The van der Waals surface area contributed by atoms with Crippen molar-refractivity contribution in [2.24, 2.45) is 4.99 Å². The number of carbonyl (C=O) groups excluding carboxylic acids is 1. The smallest absolute Gasteiger partial charge is 0.363 e. The van der Waals surface area contributed by atoms with Crippen LogP contribution in [0, 0.1) is 6.92 Å². The Morgan fingerprint density at radius 2 is 1.83 bits per heavy atom. The van der Waals surface area contributed by atoms with Gasteiger partial charge in [-0.2, -0.15) is 0 Å². The lowest BCUT2D eigenvalue weighted by Gasteiger charge is -2.07. The van der Waals surface area contributed by atoms with Gasteiger partial charge in [0.1, 0.15) is 12.4 Å². The Balaban J connectivity index is 1.52. The molecule has 0 unspecified atom stereocenters. The van der Waals surface area contributed by atoms with Crippen LogP contribution in [0.2, 0.25) is 0 Å². The SMILES string of the molecule is Cc1ccc(COc2cccc(/C=C3\N=C(c4ccccc4Br)OC3=O)c2)cc1. The van der Waals surface area contributed by atoms with Gasteiger partial charge in [0.15, 0.2) is 5.70 Å². The Labute approximate surface area is 177 Å². The minimum absolute atomic E-state index is 0.256. The van der Waals surface area contributed by atoms with Crippen molar-refractivity contribution in [1.29, 1.82) is 0 Å². The summed E-state index contributed by atoms with van der Waals surface area (Å²) in [4.78, 5) is 16.6. The van der Waals surface area contributed by atoms with Crippen LogP contribution in [-0.4, -0.2) is 11.9 Å². The Morgan fingerprint density at radius 1 is 1.03 bits per heavy atom. The minimum Gasteiger partial charge on any atom is -0.489 e. The molecule has 0 spiro atoms. The van der Waals surface area contributed by atoms with E-state index in [2.05, 4.69) is 40.0 Å². The lowest BCUT2D eigenvalue weighted by molar-refractivity contribution is -0.129. The van der Waals surface area contributed by atoms with Gasteiger partial charge < -0.3 is 9.47 Å². The lowest BCUT2D eigenvalue weighted by Crippen LogP contribution is -2.05. The quantitative estimate of drug-likeness (QED) is 0.373. The predicted octanol–water partition coefficient (Wildman–Crippen LogP) is 5.68. The second-order valence-corrected chi connectivity index (χ2v) is 7.52. The average molecular weight is 448 g/mol. The van der Waals surface area contributed by atoms with Gasteiger partial charge in [-0.3, -0.25) is 0 Å². The summed E-state index contributed by atoms with van der Waals surface area (Å²) in [6.07, 6.45) is 1.70. The fraction of sp³-hybridized carbons (Fsp3) is 0.0833. The van der Waals surface area contributed by atoms with E-state index < -0.39 is 5.97 Å². The number of benzene rings is 3. The molecule has 0 saturated heterocycles. The van der Waals surface area contributed by atoms with Crippen LogP contribution in [0.3, 0.4) is 0 Å². The van der Waals surface area contributed by atoms with Crippen LogP contribution in [0.1, 0.15) is 22.3 Å². The first-order valence-corrected chi connectivity index (χ1v) is 9.94. The molecule has 0 radical (unpaired) electrons. The van der Waals surface area contributed by atoms with E-state index in [1.54, 1.807) is 6.08 Å². The zero-order valence-electron chi connectivity index (χ0n) is 15.8. The molecule has 0 saturated carbocycles. The van der Waals surface area contributed by atoms with Crippen molar-refractivity contribution in [1.82, 2.24) is 0 Å². The first-order chi connectivity index (χ1) is 14.1. The molecular weight excluding hydrogens is 430 g/mol. The number of rotatable bonds is 5.